The van der Waals surface area contributed by atoms with Crippen molar-refractivity contribution in [3.05, 3.63) is 66.3 Å². The smallest absolute Gasteiger partial charge is 0.321 e. The van der Waals surface area contributed by atoms with E-state index < -0.39 is 6.10 Å². The maximum atomic E-state index is 12.0. The van der Waals surface area contributed by atoms with Crippen LogP contribution >= 0.6 is 11.3 Å². The number of aliphatic hydroxyl groups is 1. The summed E-state index contributed by atoms with van der Waals surface area (Å²) in [5.41, 5.74) is 4.74. The third kappa shape index (κ3) is 4.72. The molecule has 1 atom stereocenters. The second-order valence-electron chi connectivity index (χ2n) is 8.17. The summed E-state index contributed by atoms with van der Waals surface area (Å²) in [6, 6.07) is 3.84. The van der Waals surface area contributed by atoms with E-state index in [2.05, 4.69) is 49.9 Å². The monoisotopic (exact) mass is 459 g/mol. The number of thiazole rings is 1. The molecule has 0 aliphatic heterocycles. The normalized spacial score (nSPS) is 16.4. The number of allylic oxidation sites excluding steroid dienone is 6. The van der Waals surface area contributed by atoms with Crippen molar-refractivity contribution >= 4 is 38.3 Å². The molecule has 1 saturated carbocycles. The van der Waals surface area contributed by atoms with Gasteiger partial charge >= 0.3 is 6.03 Å². The third-order valence-corrected chi connectivity index (χ3v) is 6.71. The first-order valence-electron chi connectivity index (χ1n) is 11.2. The molecule has 2 aliphatic carbocycles. The van der Waals surface area contributed by atoms with Crippen molar-refractivity contribution in [2.45, 2.75) is 32.3 Å². The van der Waals surface area contributed by atoms with Crippen molar-refractivity contribution in [3.63, 3.8) is 0 Å². The largest absolute Gasteiger partial charge is 0.385 e. The Kier molecular flexibility index (Phi) is 6.02. The molecule has 3 N–H and O–H groups in total. The van der Waals surface area contributed by atoms with Crippen molar-refractivity contribution < 1.29 is 9.90 Å². The Morgan fingerprint density at radius 3 is 2.79 bits per heavy atom. The van der Waals surface area contributed by atoms with E-state index >= 15 is 0 Å². The quantitative estimate of drug-likeness (QED) is 0.468. The standard InChI is InChI=1S/C25H25N5O2S/c1-2-26-24(32)30-25-29-20-12-17(18-13-27-23(28-14-18)21(31)16-9-10-16)11-19(22(20)33-25)15-7-5-3-4-6-8-15/h3-5,7-8,11-14,16,21,31H,2,6,9-10H2,1H3,(H2,26,29,30,32). The maximum absolute atomic E-state index is 12.0. The van der Waals surface area contributed by atoms with Gasteiger partial charge in [-0.25, -0.2) is 19.7 Å². The van der Waals surface area contributed by atoms with Crippen molar-refractivity contribution in [1.82, 2.24) is 20.3 Å². The van der Waals surface area contributed by atoms with Crippen LogP contribution in [0.1, 0.15) is 43.7 Å². The number of urea groups is 1. The van der Waals surface area contributed by atoms with Gasteiger partial charge in [0.05, 0.1) is 10.2 Å². The lowest BCUT2D eigenvalue weighted by Gasteiger charge is -2.10. The van der Waals surface area contributed by atoms with E-state index in [1.54, 1.807) is 12.4 Å². The molecule has 2 aromatic heterocycles. The highest BCUT2D eigenvalue weighted by Crippen LogP contribution is 2.40. The number of hydrogen-bond acceptors (Lipinski definition) is 6. The van der Waals surface area contributed by atoms with Gasteiger partial charge in [0.2, 0.25) is 0 Å². The Labute approximate surface area is 196 Å². The van der Waals surface area contributed by atoms with Gasteiger partial charge in [-0.05, 0) is 55.4 Å². The van der Waals surface area contributed by atoms with E-state index in [4.69, 9.17) is 0 Å². The van der Waals surface area contributed by atoms with E-state index in [9.17, 15) is 9.90 Å². The zero-order chi connectivity index (χ0) is 22.8. The van der Waals surface area contributed by atoms with Gasteiger partial charge in [-0.3, -0.25) is 5.32 Å². The molecule has 0 bridgehead atoms. The summed E-state index contributed by atoms with van der Waals surface area (Å²) in [7, 11) is 0. The highest BCUT2D eigenvalue weighted by Gasteiger charge is 2.32. The van der Waals surface area contributed by atoms with Crippen LogP contribution < -0.4 is 10.6 Å². The van der Waals surface area contributed by atoms with Crippen molar-refractivity contribution in [3.8, 4) is 11.1 Å². The minimum atomic E-state index is -0.590. The number of nitrogens with one attached hydrogen (secondary N) is 2. The number of amides is 2. The molecule has 1 fully saturated rings. The maximum Gasteiger partial charge on any atom is 0.321 e. The van der Waals surface area contributed by atoms with E-state index in [1.165, 1.54) is 11.3 Å². The van der Waals surface area contributed by atoms with E-state index in [-0.39, 0.29) is 11.9 Å². The summed E-state index contributed by atoms with van der Waals surface area (Å²) in [5.74, 6) is 0.761. The number of benzene rings is 1. The Morgan fingerprint density at radius 2 is 2.03 bits per heavy atom. The molecule has 168 valence electrons. The van der Waals surface area contributed by atoms with Crippen LogP contribution in [0.3, 0.4) is 0 Å². The van der Waals surface area contributed by atoms with E-state index in [1.807, 2.05) is 25.1 Å². The molecule has 1 unspecified atom stereocenters. The molecule has 8 heteroatoms. The highest BCUT2D eigenvalue weighted by molar-refractivity contribution is 7.22. The Balaban J connectivity index is 1.55. The number of carbonyl (C=O) groups excluding carboxylic acids is 1. The van der Waals surface area contributed by atoms with Crippen LogP contribution in [0.25, 0.3) is 26.9 Å². The summed E-state index contributed by atoms with van der Waals surface area (Å²) in [4.78, 5) is 25.6. The van der Waals surface area contributed by atoms with Crippen LogP contribution in [0.5, 0.6) is 0 Å². The molecular formula is C25H25N5O2S. The molecule has 0 saturated heterocycles. The van der Waals surface area contributed by atoms with Crippen LogP contribution in [0, 0.1) is 5.92 Å². The third-order valence-electron chi connectivity index (χ3n) is 5.69. The van der Waals surface area contributed by atoms with E-state index in [0.717, 1.165) is 51.7 Å². The van der Waals surface area contributed by atoms with Gasteiger partial charge < -0.3 is 10.4 Å². The van der Waals surface area contributed by atoms with Gasteiger partial charge in [-0.2, -0.15) is 0 Å². The van der Waals surface area contributed by atoms with E-state index in [0.29, 0.717) is 17.5 Å². The first-order chi connectivity index (χ1) is 16.1. The molecule has 0 radical (unpaired) electrons. The van der Waals surface area contributed by atoms with Crippen LogP contribution in [0.15, 0.2) is 54.9 Å². The highest BCUT2D eigenvalue weighted by atomic mass is 32.1. The summed E-state index contributed by atoms with van der Waals surface area (Å²) in [6.45, 7) is 2.42. The van der Waals surface area contributed by atoms with Gasteiger partial charge in [0, 0.05) is 30.1 Å². The lowest BCUT2D eigenvalue weighted by molar-refractivity contribution is 0.144. The van der Waals surface area contributed by atoms with Crippen LogP contribution in [0.2, 0.25) is 0 Å². The molecule has 5 rings (SSSR count). The Bertz CT molecular complexity index is 1270. The fourth-order valence-electron chi connectivity index (χ4n) is 3.81. The number of aromatic nitrogens is 3. The average molecular weight is 460 g/mol. The molecule has 7 nitrogen and oxygen atoms in total. The van der Waals surface area contributed by atoms with Crippen molar-refractivity contribution in [1.29, 1.82) is 0 Å². The molecular weight excluding hydrogens is 434 g/mol. The van der Waals surface area contributed by atoms with Crippen molar-refractivity contribution in [2.24, 2.45) is 5.92 Å². The second-order valence-corrected chi connectivity index (χ2v) is 9.17. The van der Waals surface area contributed by atoms with Crippen LogP contribution in [0.4, 0.5) is 9.93 Å². The fourth-order valence-corrected chi connectivity index (χ4v) is 4.79. The first-order valence-corrected chi connectivity index (χ1v) is 12.0. The molecule has 2 heterocycles. The lowest BCUT2D eigenvalue weighted by Crippen LogP contribution is -2.28. The van der Waals surface area contributed by atoms with Gasteiger partial charge in [0.25, 0.3) is 0 Å². The number of fused-ring (bicyclic) bond motifs is 1. The summed E-state index contributed by atoms with van der Waals surface area (Å²) >= 11 is 1.46. The van der Waals surface area contributed by atoms with Crippen molar-refractivity contribution in [2.75, 3.05) is 11.9 Å². The molecule has 33 heavy (non-hydrogen) atoms. The molecule has 1 aromatic carbocycles. The predicted octanol–water partition coefficient (Wildman–Crippen LogP) is 5.24. The summed E-state index contributed by atoms with van der Waals surface area (Å²) < 4.78 is 1.00. The number of nitrogens with zero attached hydrogens (tertiary/aromatic N) is 3. The minimum Gasteiger partial charge on any atom is -0.385 e. The Hall–Kier alpha value is -3.36. The minimum absolute atomic E-state index is 0.269. The molecule has 3 aromatic rings. The van der Waals surface area contributed by atoms with Gasteiger partial charge in [-0.15, -0.1) is 0 Å². The SMILES string of the molecule is CCNC(=O)Nc1nc2cc(-c3cnc(C(O)C4CC4)nc3)cc(C3=CCC=CC=C3)c2s1. The molecule has 2 aliphatic rings. The fraction of sp³-hybridized carbons (Fsp3) is 0.280. The topological polar surface area (TPSA) is 100 Å². The Morgan fingerprint density at radius 1 is 1.21 bits per heavy atom. The zero-order valence-electron chi connectivity index (χ0n) is 18.3. The molecule has 0 spiro atoms. The zero-order valence-corrected chi connectivity index (χ0v) is 19.1. The average Bonchev–Trinajstić information content (AvgIpc) is 3.63. The van der Waals surface area contributed by atoms with Gasteiger partial charge in [0.1, 0.15) is 6.10 Å². The number of rotatable bonds is 6. The number of aliphatic hydroxyl groups excluding tert-OH is 1. The summed E-state index contributed by atoms with van der Waals surface area (Å²) in [5, 5.41) is 16.4. The second kappa shape index (κ2) is 9.25. The first kappa shape index (κ1) is 21.5. The van der Waals surface area contributed by atoms with Crippen LogP contribution in [-0.4, -0.2) is 32.6 Å². The predicted molar refractivity (Wildman–Crippen MR) is 132 cm³/mol. The number of carbonyl (C=O) groups is 1. The molecule has 2 amide bonds. The number of hydrogen-bond donors (Lipinski definition) is 3. The summed E-state index contributed by atoms with van der Waals surface area (Å²) in [6.07, 6.45) is 16.3. The van der Waals surface area contributed by atoms with Gasteiger partial charge in [0.15, 0.2) is 11.0 Å². The number of anilines is 1. The van der Waals surface area contributed by atoms with Crippen LogP contribution in [-0.2, 0) is 0 Å². The lowest BCUT2D eigenvalue weighted by atomic mass is 9.99. The van der Waals surface area contributed by atoms with Gasteiger partial charge in [-0.1, -0.05) is 41.7 Å².